The molecule has 1 aliphatic heterocycles. The lowest BCUT2D eigenvalue weighted by Crippen LogP contribution is -2.31. The third kappa shape index (κ3) is 2.94. The fraction of sp³-hybridized carbons (Fsp3) is 0.294. The van der Waals surface area contributed by atoms with E-state index >= 15 is 0 Å². The molecule has 0 bridgehead atoms. The molecule has 0 fully saturated rings. The topological polar surface area (TPSA) is 70.8 Å². The van der Waals surface area contributed by atoms with Gasteiger partial charge in [0.2, 0.25) is 0 Å². The summed E-state index contributed by atoms with van der Waals surface area (Å²) in [5.41, 5.74) is 1.06. The molecule has 0 saturated carbocycles. The van der Waals surface area contributed by atoms with Crippen molar-refractivity contribution in [2.24, 2.45) is 0 Å². The molecule has 2 aromatic rings. The van der Waals surface area contributed by atoms with Crippen molar-refractivity contribution in [3.63, 3.8) is 0 Å². The number of methoxy groups -OCH3 is 1. The predicted octanol–water partition coefficient (Wildman–Crippen LogP) is 2.72. The van der Waals surface area contributed by atoms with Crippen LogP contribution in [0.1, 0.15) is 23.3 Å². The molecule has 1 aromatic carbocycles. The molecule has 0 aliphatic carbocycles. The molecular weight excluding hydrogens is 330 g/mol. The summed E-state index contributed by atoms with van der Waals surface area (Å²) in [6.07, 6.45) is -0.988. The molecule has 126 valence electrons. The van der Waals surface area contributed by atoms with Crippen LogP contribution in [-0.2, 0) is 14.4 Å². The highest BCUT2D eigenvalue weighted by Gasteiger charge is 2.47. The summed E-state index contributed by atoms with van der Waals surface area (Å²) in [4.78, 5) is 18.8. The zero-order valence-electron chi connectivity index (χ0n) is 13.3. The summed E-state index contributed by atoms with van der Waals surface area (Å²) in [5.74, 6) is -0.361. The van der Waals surface area contributed by atoms with Gasteiger partial charge in [0.15, 0.2) is 6.10 Å². The van der Waals surface area contributed by atoms with Gasteiger partial charge in [0.25, 0.3) is 5.71 Å². The van der Waals surface area contributed by atoms with Gasteiger partial charge in [0.05, 0.1) is 13.7 Å². The maximum absolute atomic E-state index is 12.4. The van der Waals surface area contributed by atoms with E-state index in [2.05, 4.69) is 0 Å². The summed E-state index contributed by atoms with van der Waals surface area (Å²) in [5, 5.41) is 14.3. The Hall–Kier alpha value is -2.54. The lowest BCUT2D eigenvalue weighted by molar-refractivity contribution is -0.737. The number of thiophene rings is 1. The van der Waals surface area contributed by atoms with E-state index in [-0.39, 0.29) is 6.61 Å². The lowest BCUT2D eigenvalue weighted by atomic mass is 9.91. The minimum atomic E-state index is -0.988. The number of hydrogen-bond donors (Lipinski definition) is 0. The number of hydrogen-bond acceptors (Lipinski definition) is 6. The normalized spacial score (nSPS) is 19.9. The molecule has 0 N–H and O–H groups in total. The highest BCUT2D eigenvalue weighted by molar-refractivity contribution is 7.10. The number of nitrogens with zero attached hydrogens (tertiary/aromatic N) is 1. The molecule has 1 aliphatic rings. The van der Waals surface area contributed by atoms with Crippen LogP contribution >= 0.6 is 11.3 Å². The quantitative estimate of drug-likeness (QED) is 0.614. The minimum absolute atomic E-state index is 0.229. The van der Waals surface area contributed by atoms with Gasteiger partial charge in [-0.05, 0) is 42.6 Å². The third-order valence-corrected chi connectivity index (χ3v) is 4.71. The van der Waals surface area contributed by atoms with Gasteiger partial charge in [0, 0.05) is 15.3 Å². The fourth-order valence-corrected chi connectivity index (χ4v) is 3.53. The van der Waals surface area contributed by atoms with Crippen molar-refractivity contribution in [3.05, 3.63) is 57.4 Å². The molecule has 0 saturated heterocycles. The number of rotatable bonds is 5. The molecule has 2 atom stereocenters. The Labute approximate surface area is 143 Å². The van der Waals surface area contributed by atoms with Crippen molar-refractivity contribution in [2.45, 2.75) is 18.9 Å². The molecule has 2 unspecified atom stereocenters. The summed E-state index contributed by atoms with van der Waals surface area (Å²) in [6.45, 7) is 1.95. The minimum Gasteiger partial charge on any atom is -0.497 e. The Balaban J connectivity index is 2.01. The van der Waals surface area contributed by atoms with Crippen LogP contribution in [0.2, 0.25) is 0 Å². The van der Waals surface area contributed by atoms with Crippen LogP contribution in [0.15, 0.2) is 41.8 Å². The second-order valence-corrected chi connectivity index (χ2v) is 6.12. The van der Waals surface area contributed by atoms with Crippen LogP contribution in [0, 0.1) is 5.21 Å². The Bertz CT molecular complexity index is 739. The average molecular weight is 347 g/mol. The van der Waals surface area contributed by atoms with Gasteiger partial charge in [-0.2, -0.15) is 0 Å². The smallest absolute Gasteiger partial charge is 0.326 e. The fourth-order valence-electron chi connectivity index (χ4n) is 2.68. The van der Waals surface area contributed by atoms with Gasteiger partial charge in [-0.3, -0.25) is 10.0 Å². The summed E-state index contributed by atoms with van der Waals surface area (Å²) < 4.78 is 10.2. The van der Waals surface area contributed by atoms with Crippen LogP contribution in [0.25, 0.3) is 0 Å². The Morgan fingerprint density at radius 3 is 2.67 bits per heavy atom. The van der Waals surface area contributed by atoms with Crippen molar-refractivity contribution >= 4 is 23.0 Å². The number of carbonyl (C=O) groups excluding carboxylic acids is 1. The van der Waals surface area contributed by atoms with Gasteiger partial charge in [-0.15, -0.1) is 11.3 Å². The second kappa shape index (κ2) is 6.92. The SMILES string of the molecule is CCOC(=O)C1O[N+]([O-])=C(c2ccc(OC)cc2)C1c1cccs1. The van der Waals surface area contributed by atoms with E-state index in [4.69, 9.17) is 14.3 Å². The Morgan fingerprint density at radius 2 is 2.08 bits per heavy atom. The van der Waals surface area contributed by atoms with E-state index in [0.29, 0.717) is 21.9 Å². The van der Waals surface area contributed by atoms with E-state index in [0.717, 1.165) is 4.88 Å². The first-order valence-corrected chi connectivity index (χ1v) is 8.39. The number of benzene rings is 1. The first kappa shape index (κ1) is 16.3. The maximum Gasteiger partial charge on any atom is 0.326 e. The molecule has 24 heavy (non-hydrogen) atoms. The van der Waals surface area contributed by atoms with Gasteiger partial charge < -0.3 is 14.3 Å². The molecule has 1 aromatic heterocycles. The van der Waals surface area contributed by atoms with Crippen LogP contribution in [0.5, 0.6) is 5.75 Å². The van der Waals surface area contributed by atoms with Crippen molar-refractivity contribution in [1.29, 1.82) is 0 Å². The van der Waals surface area contributed by atoms with Gasteiger partial charge >= 0.3 is 5.97 Å². The number of ether oxygens (including phenoxy) is 2. The molecule has 0 radical (unpaired) electrons. The van der Waals surface area contributed by atoms with Crippen molar-refractivity contribution < 1.29 is 24.0 Å². The van der Waals surface area contributed by atoms with E-state index in [9.17, 15) is 10.0 Å². The van der Waals surface area contributed by atoms with Crippen LogP contribution < -0.4 is 4.74 Å². The summed E-state index contributed by atoms with van der Waals surface area (Å²) >= 11 is 1.47. The number of esters is 1. The van der Waals surface area contributed by atoms with Crippen molar-refractivity contribution in [1.82, 2.24) is 0 Å². The highest BCUT2D eigenvalue weighted by atomic mass is 32.1. The lowest BCUT2D eigenvalue weighted by Gasteiger charge is -2.16. The zero-order valence-corrected chi connectivity index (χ0v) is 14.1. The Kier molecular flexibility index (Phi) is 4.71. The molecule has 2 heterocycles. The average Bonchev–Trinajstić information content (AvgIpc) is 3.22. The molecule has 0 spiro atoms. The molecule has 7 heteroatoms. The highest BCUT2D eigenvalue weighted by Crippen LogP contribution is 2.35. The van der Waals surface area contributed by atoms with Gasteiger partial charge in [-0.1, -0.05) is 6.07 Å². The zero-order chi connectivity index (χ0) is 17.1. The molecule has 3 rings (SSSR count). The molecule has 0 amide bonds. The van der Waals surface area contributed by atoms with E-state index in [1.54, 1.807) is 38.3 Å². The summed E-state index contributed by atoms with van der Waals surface area (Å²) in [7, 11) is 1.58. The van der Waals surface area contributed by atoms with Crippen LogP contribution in [-0.4, -0.2) is 36.4 Å². The predicted molar refractivity (Wildman–Crippen MR) is 89.3 cm³/mol. The largest absolute Gasteiger partial charge is 0.497 e. The van der Waals surface area contributed by atoms with Crippen LogP contribution in [0.4, 0.5) is 0 Å². The van der Waals surface area contributed by atoms with Gasteiger partial charge in [-0.25, -0.2) is 0 Å². The number of carbonyl (C=O) groups is 1. The third-order valence-electron chi connectivity index (χ3n) is 3.76. The Morgan fingerprint density at radius 1 is 1.33 bits per heavy atom. The standard InChI is InChI=1S/C17H17NO5S/c1-3-22-17(19)16-14(13-5-4-10-24-13)15(18(20)23-16)11-6-8-12(21-2)9-7-11/h4-10,14,16H,3H2,1-2H3. The van der Waals surface area contributed by atoms with E-state index in [1.807, 2.05) is 17.5 Å². The maximum atomic E-state index is 12.4. The van der Waals surface area contributed by atoms with E-state index in [1.165, 1.54) is 11.3 Å². The van der Waals surface area contributed by atoms with Crippen molar-refractivity contribution in [2.75, 3.05) is 13.7 Å². The van der Waals surface area contributed by atoms with Crippen molar-refractivity contribution in [3.8, 4) is 5.75 Å². The first-order valence-electron chi connectivity index (χ1n) is 7.51. The van der Waals surface area contributed by atoms with Gasteiger partial charge in [0.1, 0.15) is 11.7 Å². The first-order chi connectivity index (χ1) is 11.7. The van der Waals surface area contributed by atoms with Crippen LogP contribution in [0.3, 0.4) is 0 Å². The molecular formula is C17H17NO5S. The van der Waals surface area contributed by atoms with E-state index < -0.39 is 18.0 Å². The second-order valence-electron chi connectivity index (χ2n) is 5.14. The summed E-state index contributed by atoms with van der Waals surface area (Å²) in [6, 6.07) is 10.8. The monoisotopic (exact) mass is 347 g/mol. The molecule has 6 nitrogen and oxygen atoms in total.